The number of aromatic nitrogens is 3. The second-order valence-electron chi connectivity index (χ2n) is 4.57. The van der Waals surface area contributed by atoms with Gasteiger partial charge >= 0.3 is 0 Å². The molecule has 120 valence electrons. The number of carbonyl (C=O) groups is 1. The van der Waals surface area contributed by atoms with Gasteiger partial charge in [-0.05, 0) is 18.6 Å². The van der Waals surface area contributed by atoms with Crippen LogP contribution in [0.25, 0.3) is 11.3 Å². The molecule has 3 aromatic rings. The summed E-state index contributed by atoms with van der Waals surface area (Å²) < 4.78 is 31.1. The minimum atomic E-state index is -4.00. The third kappa shape index (κ3) is 3.17. The van der Waals surface area contributed by atoms with Crippen molar-refractivity contribution in [2.24, 2.45) is 0 Å². The molecule has 0 fully saturated rings. The predicted molar refractivity (Wildman–Crippen MR) is 82.4 cm³/mol. The molecule has 0 aromatic carbocycles. The molecule has 0 aliphatic carbocycles. The van der Waals surface area contributed by atoms with Crippen LogP contribution in [0.2, 0.25) is 0 Å². The van der Waals surface area contributed by atoms with E-state index in [1.165, 1.54) is 18.6 Å². The first-order chi connectivity index (χ1) is 11.0. The Morgan fingerprint density at radius 3 is 2.96 bits per heavy atom. The highest BCUT2D eigenvalue weighted by Crippen LogP contribution is 2.19. The number of sulfonamides is 1. The number of hydrogen-bond donors (Lipinski definition) is 2. The second-order valence-corrected chi connectivity index (χ2v) is 7.29. The number of hydrogen-bond acceptors (Lipinski definition) is 7. The number of thiazole rings is 1. The maximum absolute atomic E-state index is 12.1. The molecule has 0 bridgehead atoms. The SMILES string of the molecule is CCc1csc(S(=O)(=O)NC(=O)c2cc(-c3ccoc3)n[nH]2)n1. The Hall–Kier alpha value is -2.46. The zero-order chi connectivity index (χ0) is 16.4. The molecule has 0 saturated carbocycles. The van der Waals surface area contributed by atoms with Crippen LogP contribution in [0.15, 0.2) is 38.8 Å². The van der Waals surface area contributed by atoms with Crippen molar-refractivity contribution in [1.82, 2.24) is 19.9 Å². The molecule has 0 radical (unpaired) electrons. The van der Waals surface area contributed by atoms with Crippen LogP contribution in [0, 0.1) is 0 Å². The second kappa shape index (κ2) is 5.97. The van der Waals surface area contributed by atoms with Crippen molar-refractivity contribution in [3.05, 3.63) is 41.4 Å². The Morgan fingerprint density at radius 2 is 2.30 bits per heavy atom. The van der Waals surface area contributed by atoms with Crippen LogP contribution in [0.1, 0.15) is 23.1 Å². The Bertz CT molecular complexity index is 925. The number of nitrogens with one attached hydrogen (secondary N) is 2. The van der Waals surface area contributed by atoms with Crippen molar-refractivity contribution < 1.29 is 17.6 Å². The molecule has 0 atom stereocenters. The van der Waals surface area contributed by atoms with Gasteiger partial charge in [0, 0.05) is 10.9 Å². The molecular weight excluding hydrogens is 340 g/mol. The van der Waals surface area contributed by atoms with Crippen molar-refractivity contribution in [2.75, 3.05) is 0 Å². The number of H-pyrrole nitrogens is 1. The van der Waals surface area contributed by atoms with Crippen LogP contribution in [0.5, 0.6) is 0 Å². The first kappa shape index (κ1) is 15.4. The summed E-state index contributed by atoms with van der Waals surface area (Å²) in [7, 11) is -4.00. The van der Waals surface area contributed by atoms with E-state index in [1.54, 1.807) is 11.4 Å². The lowest BCUT2D eigenvalue weighted by molar-refractivity contribution is 0.0976. The summed E-state index contributed by atoms with van der Waals surface area (Å²) in [5.74, 6) is -0.805. The molecule has 1 amide bonds. The highest BCUT2D eigenvalue weighted by atomic mass is 32.2. The van der Waals surface area contributed by atoms with E-state index in [0.717, 1.165) is 11.3 Å². The van der Waals surface area contributed by atoms with E-state index in [0.29, 0.717) is 23.4 Å². The van der Waals surface area contributed by atoms with E-state index in [1.807, 2.05) is 11.6 Å². The smallest absolute Gasteiger partial charge is 0.291 e. The summed E-state index contributed by atoms with van der Waals surface area (Å²) in [6, 6.07) is 3.12. The number of carbonyl (C=O) groups excluding carboxylic acids is 1. The Kier molecular flexibility index (Phi) is 4.01. The number of rotatable bonds is 5. The zero-order valence-electron chi connectivity index (χ0n) is 11.9. The van der Waals surface area contributed by atoms with Gasteiger partial charge in [0.15, 0.2) is 0 Å². The molecular formula is C13H12N4O4S2. The van der Waals surface area contributed by atoms with Crippen LogP contribution >= 0.6 is 11.3 Å². The number of aryl methyl sites for hydroxylation is 1. The summed E-state index contributed by atoms with van der Waals surface area (Å²) in [5.41, 5.74) is 1.84. The molecule has 8 nitrogen and oxygen atoms in total. The normalized spacial score (nSPS) is 11.5. The first-order valence-electron chi connectivity index (χ1n) is 6.59. The van der Waals surface area contributed by atoms with Gasteiger partial charge in [0.05, 0.1) is 23.9 Å². The fourth-order valence-electron chi connectivity index (χ4n) is 1.79. The summed E-state index contributed by atoms with van der Waals surface area (Å²) in [6.07, 6.45) is 3.56. The Morgan fingerprint density at radius 1 is 1.48 bits per heavy atom. The Labute approximate surface area is 135 Å². The van der Waals surface area contributed by atoms with E-state index in [4.69, 9.17) is 4.42 Å². The summed E-state index contributed by atoms with van der Waals surface area (Å²) in [4.78, 5) is 16.1. The number of furan rings is 1. The number of nitrogens with zero attached hydrogens (tertiary/aromatic N) is 2. The van der Waals surface area contributed by atoms with Crippen molar-refractivity contribution >= 4 is 27.3 Å². The van der Waals surface area contributed by atoms with Crippen molar-refractivity contribution in [3.63, 3.8) is 0 Å². The molecule has 0 aliphatic rings. The van der Waals surface area contributed by atoms with E-state index in [-0.39, 0.29) is 10.0 Å². The molecule has 3 aromatic heterocycles. The fourth-order valence-corrected chi connectivity index (χ4v) is 3.87. The summed E-state index contributed by atoms with van der Waals surface area (Å²) >= 11 is 0.969. The molecule has 23 heavy (non-hydrogen) atoms. The minimum absolute atomic E-state index is 0.0250. The van der Waals surface area contributed by atoms with Crippen LogP contribution in [-0.2, 0) is 16.4 Å². The highest BCUT2D eigenvalue weighted by molar-refractivity contribution is 7.92. The van der Waals surface area contributed by atoms with E-state index >= 15 is 0 Å². The predicted octanol–water partition coefficient (Wildman–Crippen LogP) is 1.81. The van der Waals surface area contributed by atoms with Gasteiger partial charge in [-0.2, -0.15) is 13.5 Å². The first-order valence-corrected chi connectivity index (χ1v) is 8.95. The topological polar surface area (TPSA) is 118 Å². The zero-order valence-corrected chi connectivity index (χ0v) is 13.6. The van der Waals surface area contributed by atoms with Crippen LogP contribution in [0.4, 0.5) is 0 Å². The lowest BCUT2D eigenvalue weighted by Crippen LogP contribution is -2.30. The van der Waals surface area contributed by atoms with E-state index in [9.17, 15) is 13.2 Å². The molecule has 0 aliphatic heterocycles. The van der Waals surface area contributed by atoms with Crippen LogP contribution < -0.4 is 4.72 Å². The molecule has 0 saturated heterocycles. The summed E-state index contributed by atoms with van der Waals surface area (Å²) in [6.45, 7) is 1.87. The van der Waals surface area contributed by atoms with Crippen molar-refractivity contribution in [2.45, 2.75) is 17.7 Å². The van der Waals surface area contributed by atoms with Gasteiger partial charge in [-0.1, -0.05) is 6.92 Å². The average molecular weight is 352 g/mol. The van der Waals surface area contributed by atoms with Crippen molar-refractivity contribution in [3.8, 4) is 11.3 Å². The lowest BCUT2D eigenvalue weighted by atomic mass is 10.2. The monoisotopic (exact) mass is 352 g/mol. The molecule has 10 heteroatoms. The highest BCUT2D eigenvalue weighted by Gasteiger charge is 2.23. The molecule has 3 heterocycles. The van der Waals surface area contributed by atoms with Gasteiger partial charge in [0.1, 0.15) is 5.69 Å². The molecule has 3 rings (SSSR count). The maximum Gasteiger partial charge on any atom is 0.291 e. The van der Waals surface area contributed by atoms with Gasteiger partial charge < -0.3 is 4.42 Å². The third-order valence-electron chi connectivity index (χ3n) is 2.99. The van der Waals surface area contributed by atoms with Gasteiger partial charge in [0.25, 0.3) is 15.9 Å². The minimum Gasteiger partial charge on any atom is -0.472 e. The standard InChI is InChI=1S/C13H12N4O4S2/c1-2-9-7-22-13(14-9)23(19,20)17-12(18)11-5-10(15-16-11)8-3-4-21-6-8/h3-7H,2H2,1H3,(H,15,16)(H,17,18). The number of aromatic amines is 1. The molecule has 0 unspecified atom stereocenters. The van der Waals surface area contributed by atoms with Crippen LogP contribution in [0.3, 0.4) is 0 Å². The lowest BCUT2D eigenvalue weighted by Gasteiger charge is -2.01. The third-order valence-corrected chi connectivity index (χ3v) is 5.62. The van der Waals surface area contributed by atoms with Gasteiger partial charge in [-0.3, -0.25) is 9.89 Å². The molecule has 0 spiro atoms. The Balaban J connectivity index is 1.78. The van der Waals surface area contributed by atoms with E-state index < -0.39 is 15.9 Å². The van der Waals surface area contributed by atoms with Gasteiger partial charge in [0.2, 0.25) is 4.34 Å². The van der Waals surface area contributed by atoms with Gasteiger partial charge in [-0.15, -0.1) is 11.3 Å². The molecule has 2 N–H and O–H groups in total. The average Bonchev–Trinajstić information content (AvgIpc) is 3.25. The van der Waals surface area contributed by atoms with E-state index in [2.05, 4.69) is 15.2 Å². The fraction of sp³-hybridized carbons (Fsp3) is 0.154. The van der Waals surface area contributed by atoms with Gasteiger partial charge in [-0.25, -0.2) is 9.71 Å². The maximum atomic E-state index is 12.1. The van der Waals surface area contributed by atoms with Crippen LogP contribution in [-0.4, -0.2) is 29.5 Å². The van der Waals surface area contributed by atoms with Crippen molar-refractivity contribution in [1.29, 1.82) is 0 Å². The number of amides is 1. The largest absolute Gasteiger partial charge is 0.472 e. The summed E-state index contributed by atoms with van der Waals surface area (Å²) in [5, 5.41) is 8.09. The quantitative estimate of drug-likeness (QED) is 0.723.